The van der Waals surface area contributed by atoms with E-state index in [4.69, 9.17) is 0 Å². The summed E-state index contributed by atoms with van der Waals surface area (Å²) in [5, 5.41) is 0. The number of aryl methyl sites for hydroxylation is 2. The second-order valence-corrected chi connectivity index (χ2v) is 10.3. The third-order valence-electron chi connectivity index (χ3n) is 6.07. The maximum absolute atomic E-state index is 13.6. The number of amides is 1. The summed E-state index contributed by atoms with van der Waals surface area (Å²) < 4.78 is 41.6. The maximum Gasteiger partial charge on any atom is 0.264 e. The predicted octanol–water partition coefficient (Wildman–Crippen LogP) is 3.99. The minimum Gasteiger partial charge on any atom is -0.368 e. The summed E-state index contributed by atoms with van der Waals surface area (Å²) >= 11 is 0. The van der Waals surface area contributed by atoms with Gasteiger partial charge in [0.15, 0.2) is 0 Å². The Hall–Kier alpha value is -3.39. The van der Waals surface area contributed by atoms with Crippen LogP contribution in [0.2, 0.25) is 0 Å². The third-order valence-corrected chi connectivity index (χ3v) is 7.84. The van der Waals surface area contributed by atoms with E-state index in [1.165, 1.54) is 16.4 Å². The molecular weight excluding hydrogens is 453 g/mol. The van der Waals surface area contributed by atoms with Crippen LogP contribution >= 0.6 is 0 Å². The molecule has 1 aliphatic rings. The molecule has 0 N–H and O–H groups in total. The Kier molecular flexibility index (Phi) is 6.88. The minimum absolute atomic E-state index is 0.143. The topological polar surface area (TPSA) is 60.9 Å². The number of sulfonamides is 1. The highest BCUT2D eigenvalue weighted by molar-refractivity contribution is 7.92. The molecule has 0 spiro atoms. The number of anilines is 2. The van der Waals surface area contributed by atoms with Crippen molar-refractivity contribution < 1.29 is 17.6 Å². The second kappa shape index (κ2) is 9.85. The summed E-state index contributed by atoms with van der Waals surface area (Å²) in [6.07, 6.45) is 0. The summed E-state index contributed by atoms with van der Waals surface area (Å²) in [5.41, 5.74) is 3.09. The number of halogens is 1. The lowest BCUT2D eigenvalue weighted by Gasteiger charge is -2.37. The van der Waals surface area contributed by atoms with Crippen molar-refractivity contribution in [2.45, 2.75) is 18.7 Å². The van der Waals surface area contributed by atoms with E-state index in [-0.39, 0.29) is 23.2 Å². The zero-order chi connectivity index (χ0) is 24.3. The monoisotopic (exact) mass is 481 g/mol. The standard InChI is InChI=1S/C26H28FN3O3S/c1-20-8-9-21(2)25(18-20)30(34(32,33)24-6-4-3-5-7-24)19-26(31)29-16-14-28(15-17-29)23-12-10-22(27)11-13-23/h3-13,18H,14-17,19H2,1-2H3. The molecule has 178 valence electrons. The van der Waals surface area contributed by atoms with Crippen LogP contribution in [0.15, 0.2) is 77.7 Å². The molecule has 1 heterocycles. The molecule has 3 aromatic carbocycles. The fraction of sp³-hybridized carbons (Fsp3) is 0.269. The molecule has 0 atom stereocenters. The molecule has 0 unspecified atom stereocenters. The van der Waals surface area contributed by atoms with E-state index in [9.17, 15) is 17.6 Å². The third kappa shape index (κ3) is 5.07. The second-order valence-electron chi connectivity index (χ2n) is 8.46. The number of piperazine rings is 1. The average Bonchev–Trinajstić information content (AvgIpc) is 2.85. The number of hydrogen-bond acceptors (Lipinski definition) is 4. The van der Waals surface area contributed by atoms with Crippen molar-refractivity contribution in [2.24, 2.45) is 0 Å². The number of nitrogens with zero attached hydrogens (tertiary/aromatic N) is 3. The smallest absolute Gasteiger partial charge is 0.264 e. The molecule has 1 amide bonds. The molecule has 1 fully saturated rings. The predicted molar refractivity (Wildman–Crippen MR) is 132 cm³/mol. The van der Waals surface area contributed by atoms with E-state index in [1.807, 2.05) is 26.0 Å². The lowest BCUT2D eigenvalue weighted by atomic mass is 10.1. The molecular formula is C26H28FN3O3S. The molecule has 0 saturated carbocycles. The van der Waals surface area contributed by atoms with Crippen LogP contribution in [-0.2, 0) is 14.8 Å². The SMILES string of the molecule is Cc1ccc(C)c(N(CC(=O)N2CCN(c3ccc(F)cc3)CC2)S(=O)(=O)c2ccccc2)c1. The van der Waals surface area contributed by atoms with Gasteiger partial charge >= 0.3 is 0 Å². The zero-order valence-corrected chi connectivity index (χ0v) is 20.1. The number of benzene rings is 3. The highest BCUT2D eigenvalue weighted by Crippen LogP contribution is 2.28. The van der Waals surface area contributed by atoms with Gasteiger partial charge in [0.2, 0.25) is 5.91 Å². The lowest BCUT2D eigenvalue weighted by molar-refractivity contribution is -0.129. The first-order chi connectivity index (χ1) is 16.3. The molecule has 0 radical (unpaired) electrons. The van der Waals surface area contributed by atoms with Crippen LogP contribution in [0.25, 0.3) is 0 Å². The van der Waals surface area contributed by atoms with Crippen LogP contribution in [0, 0.1) is 19.7 Å². The molecule has 34 heavy (non-hydrogen) atoms. The highest BCUT2D eigenvalue weighted by Gasteiger charge is 2.31. The van der Waals surface area contributed by atoms with Gasteiger partial charge in [0.1, 0.15) is 12.4 Å². The van der Waals surface area contributed by atoms with Crippen LogP contribution in [0.4, 0.5) is 15.8 Å². The maximum atomic E-state index is 13.6. The van der Waals surface area contributed by atoms with Gasteiger partial charge in [-0.2, -0.15) is 0 Å². The Morgan fingerprint density at radius 2 is 1.56 bits per heavy atom. The Morgan fingerprint density at radius 3 is 2.21 bits per heavy atom. The molecule has 3 aromatic rings. The van der Waals surface area contributed by atoms with Gasteiger partial charge in [-0.1, -0.05) is 30.3 Å². The molecule has 1 aliphatic heterocycles. The van der Waals surface area contributed by atoms with E-state index >= 15 is 0 Å². The van der Waals surface area contributed by atoms with E-state index in [2.05, 4.69) is 4.90 Å². The quantitative estimate of drug-likeness (QED) is 0.534. The number of hydrogen-bond donors (Lipinski definition) is 0. The number of rotatable bonds is 6. The Labute approximate surface area is 200 Å². The molecule has 6 nitrogen and oxygen atoms in total. The van der Waals surface area contributed by atoms with Crippen molar-refractivity contribution in [1.82, 2.24) is 4.90 Å². The Morgan fingerprint density at radius 1 is 0.912 bits per heavy atom. The van der Waals surface area contributed by atoms with Gasteiger partial charge in [-0.25, -0.2) is 12.8 Å². The van der Waals surface area contributed by atoms with Crippen LogP contribution in [-0.4, -0.2) is 51.9 Å². The van der Waals surface area contributed by atoms with Gasteiger partial charge in [0.05, 0.1) is 10.6 Å². The molecule has 0 aliphatic carbocycles. The summed E-state index contributed by atoms with van der Waals surface area (Å²) in [7, 11) is -3.95. The molecule has 0 aromatic heterocycles. The van der Waals surface area contributed by atoms with Crippen LogP contribution in [0.1, 0.15) is 11.1 Å². The van der Waals surface area contributed by atoms with Crippen molar-refractivity contribution in [1.29, 1.82) is 0 Å². The first kappa shape index (κ1) is 23.8. The fourth-order valence-corrected chi connectivity index (χ4v) is 5.59. The average molecular weight is 482 g/mol. The van der Waals surface area contributed by atoms with Crippen LogP contribution in [0.5, 0.6) is 0 Å². The molecule has 1 saturated heterocycles. The normalized spacial score (nSPS) is 14.2. The van der Waals surface area contributed by atoms with E-state index in [1.54, 1.807) is 53.4 Å². The Bertz CT molecular complexity index is 1260. The van der Waals surface area contributed by atoms with Gasteiger partial charge in [0, 0.05) is 31.9 Å². The largest absolute Gasteiger partial charge is 0.368 e. The van der Waals surface area contributed by atoms with E-state index in [0.717, 1.165) is 16.8 Å². The van der Waals surface area contributed by atoms with Gasteiger partial charge in [-0.05, 0) is 67.4 Å². The first-order valence-electron chi connectivity index (χ1n) is 11.2. The number of carbonyl (C=O) groups is 1. The first-order valence-corrected chi connectivity index (χ1v) is 12.6. The van der Waals surface area contributed by atoms with Gasteiger partial charge < -0.3 is 9.80 Å². The van der Waals surface area contributed by atoms with Crippen molar-refractivity contribution in [3.8, 4) is 0 Å². The van der Waals surface area contributed by atoms with Gasteiger partial charge in [-0.3, -0.25) is 9.10 Å². The minimum atomic E-state index is -3.95. The zero-order valence-electron chi connectivity index (χ0n) is 19.3. The summed E-state index contributed by atoms with van der Waals surface area (Å²) in [5.74, 6) is -0.539. The Balaban J connectivity index is 1.55. The summed E-state index contributed by atoms with van der Waals surface area (Å²) in [6, 6.07) is 20.1. The van der Waals surface area contributed by atoms with Gasteiger partial charge in [0.25, 0.3) is 10.0 Å². The summed E-state index contributed by atoms with van der Waals surface area (Å²) in [6.45, 7) is 5.56. The number of carbonyl (C=O) groups excluding carboxylic acids is 1. The van der Waals surface area contributed by atoms with E-state index < -0.39 is 10.0 Å². The molecule has 8 heteroatoms. The van der Waals surface area contributed by atoms with Crippen molar-refractivity contribution in [3.05, 3.63) is 89.7 Å². The van der Waals surface area contributed by atoms with Gasteiger partial charge in [-0.15, -0.1) is 0 Å². The fourth-order valence-electron chi connectivity index (χ4n) is 4.10. The van der Waals surface area contributed by atoms with Crippen molar-refractivity contribution >= 4 is 27.3 Å². The molecule has 4 rings (SSSR count). The van der Waals surface area contributed by atoms with Crippen molar-refractivity contribution in [2.75, 3.05) is 41.9 Å². The summed E-state index contributed by atoms with van der Waals surface area (Å²) in [4.78, 5) is 17.2. The van der Waals surface area contributed by atoms with Crippen LogP contribution in [0.3, 0.4) is 0 Å². The molecule has 0 bridgehead atoms. The van der Waals surface area contributed by atoms with E-state index in [0.29, 0.717) is 31.9 Å². The van der Waals surface area contributed by atoms with Crippen LogP contribution < -0.4 is 9.21 Å². The van der Waals surface area contributed by atoms with Crippen molar-refractivity contribution in [3.63, 3.8) is 0 Å². The lowest BCUT2D eigenvalue weighted by Crippen LogP contribution is -2.52. The highest BCUT2D eigenvalue weighted by atomic mass is 32.2.